The van der Waals surface area contributed by atoms with Gasteiger partial charge >= 0.3 is 0 Å². The Kier molecular flexibility index (Phi) is 4.36. The minimum absolute atomic E-state index is 0.0634. The smallest absolute Gasteiger partial charge is 0.264 e. The number of carbonyl (C=O) groups excluding carboxylic acids is 3. The molecule has 0 aromatic heterocycles. The summed E-state index contributed by atoms with van der Waals surface area (Å²) in [4.78, 5) is 40.0. The zero-order valence-electron chi connectivity index (χ0n) is 10.3. The van der Waals surface area contributed by atoms with Gasteiger partial charge in [-0.05, 0) is 12.8 Å². The van der Waals surface area contributed by atoms with Crippen molar-refractivity contribution in [2.45, 2.75) is 33.2 Å². The maximum absolute atomic E-state index is 11.9. The van der Waals surface area contributed by atoms with Gasteiger partial charge in [-0.15, -0.1) is 0 Å². The molecule has 1 heterocycles. The van der Waals surface area contributed by atoms with Gasteiger partial charge in [0.2, 0.25) is 0 Å². The summed E-state index contributed by atoms with van der Waals surface area (Å²) in [7, 11) is 0. The summed E-state index contributed by atoms with van der Waals surface area (Å²) in [5, 5.41) is 0.676. The number of hydrogen-bond acceptors (Lipinski definition) is 5. The summed E-state index contributed by atoms with van der Waals surface area (Å²) in [5.74, 6) is -2.51. The molecule has 2 N–H and O–H groups in total. The van der Waals surface area contributed by atoms with E-state index >= 15 is 0 Å². The molecule has 2 amide bonds. The maximum atomic E-state index is 11.9. The number of nitrogens with two attached hydrogens (primary N) is 1. The molecule has 6 heteroatoms. The minimum atomic E-state index is -0.980. The largest absolute Gasteiger partial charge is 0.321 e. The lowest BCUT2D eigenvalue weighted by molar-refractivity contribution is -0.187. The molecule has 0 aromatic rings. The normalized spacial score (nSPS) is 22.4. The second-order valence-electron chi connectivity index (χ2n) is 4.37. The van der Waals surface area contributed by atoms with Crippen molar-refractivity contribution >= 4 is 17.6 Å². The van der Waals surface area contributed by atoms with Gasteiger partial charge in [0.1, 0.15) is 5.92 Å². The van der Waals surface area contributed by atoms with Crippen LogP contribution in [-0.2, 0) is 19.2 Å². The van der Waals surface area contributed by atoms with Gasteiger partial charge in [0, 0.05) is 6.42 Å². The fourth-order valence-corrected chi connectivity index (χ4v) is 1.66. The monoisotopic (exact) mass is 242 g/mol. The summed E-state index contributed by atoms with van der Waals surface area (Å²) >= 11 is 0. The topological polar surface area (TPSA) is 89.7 Å². The molecule has 96 valence electrons. The Labute approximate surface area is 100 Å². The molecule has 2 atom stereocenters. The molecule has 0 saturated carbocycles. The third-order valence-electron chi connectivity index (χ3n) is 2.75. The van der Waals surface area contributed by atoms with Gasteiger partial charge in [-0.25, -0.2) is 0 Å². The first-order valence-electron chi connectivity index (χ1n) is 5.69. The van der Waals surface area contributed by atoms with Crippen molar-refractivity contribution in [2.75, 3.05) is 6.61 Å². The zero-order chi connectivity index (χ0) is 13.2. The Hall–Kier alpha value is -1.27. The number of imide groups is 1. The van der Waals surface area contributed by atoms with Crippen LogP contribution in [0.15, 0.2) is 0 Å². The maximum Gasteiger partial charge on any atom is 0.264 e. The van der Waals surface area contributed by atoms with Crippen molar-refractivity contribution in [3.8, 4) is 0 Å². The molecule has 1 aliphatic rings. The van der Waals surface area contributed by atoms with Crippen LogP contribution < -0.4 is 5.73 Å². The molecule has 1 rings (SSSR count). The summed E-state index contributed by atoms with van der Waals surface area (Å²) in [5.41, 5.74) is 5.69. The number of rotatable bonds is 5. The van der Waals surface area contributed by atoms with Crippen molar-refractivity contribution in [1.29, 1.82) is 0 Å². The molecule has 1 fully saturated rings. The van der Waals surface area contributed by atoms with E-state index in [1.807, 2.05) is 0 Å². The van der Waals surface area contributed by atoms with Crippen LogP contribution in [0.3, 0.4) is 0 Å². The third kappa shape index (κ3) is 2.70. The van der Waals surface area contributed by atoms with Crippen molar-refractivity contribution in [3.05, 3.63) is 0 Å². The lowest BCUT2D eigenvalue weighted by Crippen LogP contribution is -2.42. The number of amides is 2. The number of hydroxylamine groups is 2. The molecule has 0 unspecified atom stereocenters. The Balaban J connectivity index is 2.78. The molecule has 0 aliphatic carbocycles. The third-order valence-corrected chi connectivity index (χ3v) is 2.75. The molecule has 1 saturated heterocycles. The lowest BCUT2D eigenvalue weighted by Gasteiger charge is -2.17. The predicted octanol–water partition coefficient (Wildman–Crippen LogP) is -0.135. The fourth-order valence-electron chi connectivity index (χ4n) is 1.66. The molecular formula is C11H18N2O4. The number of nitrogens with zero attached hydrogens (tertiary/aromatic N) is 1. The van der Waals surface area contributed by atoms with Crippen LogP contribution in [0, 0.1) is 11.8 Å². The molecule has 0 aromatic carbocycles. The molecular weight excluding hydrogens is 224 g/mol. The van der Waals surface area contributed by atoms with E-state index in [0.29, 0.717) is 5.06 Å². The van der Waals surface area contributed by atoms with Crippen LogP contribution >= 0.6 is 0 Å². The van der Waals surface area contributed by atoms with Crippen LogP contribution in [0.25, 0.3) is 0 Å². The highest BCUT2D eigenvalue weighted by Gasteiger charge is 2.45. The minimum Gasteiger partial charge on any atom is -0.321 e. The van der Waals surface area contributed by atoms with Crippen LogP contribution in [0.4, 0.5) is 0 Å². The van der Waals surface area contributed by atoms with Gasteiger partial charge in [0.25, 0.3) is 11.8 Å². The summed E-state index contributed by atoms with van der Waals surface area (Å²) in [6.45, 7) is 5.46. The number of ketones is 1. The first kappa shape index (κ1) is 13.8. The molecule has 6 nitrogen and oxygen atoms in total. The summed E-state index contributed by atoms with van der Waals surface area (Å²) in [6.07, 6.45) is -0.141. The van der Waals surface area contributed by atoms with E-state index in [4.69, 9.17) is 10.6 Å². The highest BCUT2D eigenvalue weighted by atomic mass is 16.7. The first-order valence-corrected chi connectivity index (χ1v) is 5.69. The average Bonchev–Trinajstić information content (AvgIpc) is 2.55. The van der Waals surface area contributed by atoms with Gasteiger partial charge in [0.05, 0.1) is 12.6 Å². The van der Waals surface area contributed by atoms with Gasteiger partial charge in [-0.1, -0.05) is 13.8 Å². The molecule has 0 radical (unpaired) electrons. The highest BCUT2D eigenvalue weighted by molar-refractivity contribution is 6.14. The predicted molar refractivity (Wildman–Crippen MR) is 59.4 cm³/mol. The van der Waals surface area contributed by atoms with Crippen LogP contribution in [0.5, 0.6) is 0 Å². The second kappa shape index (κ2) is 5.37. The van der Waals surface area contributed by atoms with Crippen molar-refractivity contribution in [3.63, 3.8) is 0 Å². The SMILES string of the molecule is CCON1C(=O)C[C@H](C(=O)[C@@H](N)C(C)C)C1=O. The number of hydrogen-bond donors (Lipinski definition) is 1. The van der Waals surface area contributed by atoms with Gasteiger partial charge in [-0.3, -0.25) is 19.2 Å². The van der Waals surface area contributed by atoms with Crippen LogP contribution in [0.2, 0.25) is 0 Å². The summed E-state index contributed by atoms with van der Waals surface area (Å²) < 4.78 is 0. The zero-order valence-corrected chi connectivity index (χ0v) is 10.3. The molecule has 17 heavy (non-hydrogen) atoms. The Morgan fingerprint density at radius 3 is 2.59 bits per heavy atom. The molecule has 0 spiro atoms. The number of carbonyl (C=O) groups is 3. The van der Waals surface area contributed by atoms with Crippen LogP contribution in [-0.4, -0.2) is 35.3 Å². The van der Waals surface area contributed by atoms with E-state index in [1.54, 1.807) is 20.8 Å². The quantitative estimate of drug-likeness (QED) is 0.535. The highest BCUT2D eigenvalue weighted by Crippen LogP contribution is 2.23. The van der Waals surface area contributed by atoms with E-state index in [9.17, 15) is 14.4 Å². The standard InChI is InChI=1S/C11H18N2O4/c1-4-17-13-8(14)5-7(11(13)16)10(15)9(12)6(2)3/h6-7,9H,4-5,12H2,1-3H3/t7-,9+/m1/s1. The van der Waals surface area contributed by atoms with E-state index in [0.717, 1.165) is 0 Å². The molecule has 0 bridgehead atoms. The second-order valence-corrected chi connectivity index (χ2v) is 4.37. The Morgan fingerprint density at radius 1 is 1.53 bits per heavy atom. The van der Waals surface area contributed by atoms with E-state index < -0.39 is 23.8 Å². The van der Waals surface area contributed by atoms with E-state index in [-0.39, 0.29) is 24.7 Å². The summed E-state index contributed by atoms with van der Waals surface area (Å²) in [6, 6.07) is -0.724. The van der Waals surface area contributed by atoms with Crippen molar-refractivity contribution in [1.82, 2.24) is 5.06 Å². The van der Waals surface area contributed by atoms with Crippen LogP contribution in [0.1, 0.15) is 27.2 Å². The first-order chi connectivity index (χ1) is 7.90. The number of Topliss-reactive ketones (excluding diaryl/α,β-unsaturated/α-hetero) is 1. The fraction of sp³-hybridized carbons (Fsp3) is 0.727. The van der Waals surface area contributed by atoms with Gasteiger partial charge in [0.15, 0.2) is 5.78 Å². The van der Waals surface area contributed by atoms with Gasteiger partial charge in [-0.2, -0.15) is 5.06 Å². The van der Waals surface area contributed by atoms with E-state index in [2.05, 4.69) is 0 Å². The average molecular weight is 242 g/mol. The lowest BCUT2D eigenvalue weighted by atomic mass is 9.91. The van der Waals surface area contributed by atoms with Crippen molar-refractivity contribution < 1.29 is 19.2 Å². The Bertz CT molecular complexity index is 340. The van der Waals surface area contributed by atoms with Gasteiger partial charge < -0.3 is 5.73 Å². The van der Waals surface area contributed by atoms with E-state index in [1.165, 1.54) is 0 Å². The Morgan fingerprint density at radius 2 is 2.12 bits per heavy atom. The van der Waals surface area contributed by atoms with Crippen molar-refractivity contribution in [2.24, 2.45) is 17.6 Å². The molecule has 1 aliphatic heterocycles.